The summed E-state index contributed by atoms with van der Waals surface area (Å²) in [5.74, 6) is -1.23. The van der Waals surface area contributed by atoms with Gasteiger partial charge < -0.3 is 9.84 Å². The summed E-state index contributed by atoms with van der Waals surface area (Å²) in [4.78, 5) is 11.0. The van der Waals surface area contributed by atoms with Crippen molar-refractivity contribution in [1.29, 1.82) is 0 Å². The highest BCUT2D eigenvalue weighted by atomic mass is 19.1. The molecular formula is C18H13FO3. The van der Waals surface area contributed by atoms with E-state index < -0.39 is 11.8 Å². The zero-order valence-electron chi connectivity index (χ0n) is 11.8. The second kappa shape index (κ2) is 5.48. The summed E-state index contributed by atoms with van der Waals surface area (Å²) in [5, 5.41) is 11.0. The van der Waals surface area contributed by atoms with Gasteiger partial charge >= 0.3 is 5.97 Å². The SMILES string of the molecule is COc1ccc2cc(-c3ccc(F)c(C(=O)O)c3)ccc2c1. The van der Waals surface area contributed by atoms with E-state index in [1.165, 1.54) is 12.1 Å². The summed E-state index contributed by atoms with van der Waals surface area (Å²) in [7, 11) is 1.61. The first kappa shape index (κ1) is 14.1. The van der Waals surface area contributed by atoms with E-state index in [1.54, 1.807) is 13.2 Å². The third-order valence-corrected chi connectivity index (χ3v) is 3.58. The van der Waals surface area contributed by atoms with Gasteiger partial charge in [0.1, 0.15) is 11.6 Å². The maximum Gasteiger partial charge on any atom is 0.338 e. The first-order chi connectivity index (χ1) is 10.6. The Hall–Kier alpha value is -2.88. The van der Waals surface area contributed by atoms with Gasteiger partial charge in [0, 0.05) is 0 Å². The number of carboxylic acids is 1. The molecule has 0 saturated carbocycles. The molecule has 0 spiro atoms. The molecule has 0 radical (unpaired) electrons. The van der Waals surface area contributed by atoms with Crippen LogP contribution in [0.2, 0.25) is 0 Å². The second-order valence-electron chi connectivity index (χ2n) is 4.93. The van der Waals surface area contributed by atoms with Crippen molar-refractivity contribution in [3.05, 3.63) is 66.0 Å². The lowest BCUT2D eigenvalue weighted by molar-refractivity contribution is 0.0692. The van der Waals surface area contributed by atoms with Crippen LogP contribution >= 0.6 is 0 Å². The van der Waals surface area contributed by atoms with E-state index in [2.05, 4.69) is 0 Å². The van der Waals surface area contributed by atoms with E-state index in [0.29, 0.717) is 5.56 Å². The van der Waals surface area contributed by atoms with Crippen LogP contribution in [-0.2, 0) is 0 Å². The fourth-order valence-electron chi connectivity index (χ4n) is 2.40. The van der Waals surface area contributed by atoms with Crippen molar-refractivity contribution in [3.8, 4) is 16.9 Å². The molecule has 0 amide bonds. The molecule has 0 atom stereocenters. The molecule has 3 aromatic rings. The van der Waals surface area contributed by atoms with Gasteiger partial charge in [-0.15, -0.1) is 0 Å². The minimum absolute atomic E-state index is 0.327. The van der Waals surface area contributed by atoms with Crippen molar-refractivity contribution in [2.24, 2.45) is 0 Å². The van der Waals surface area contributed by atoms with E-state index in [-0.39, 0.29) is 5.56 Å². The van der Waals surface area contributed by atoms with E-state index >= 15 is 0 Å². The van der Waals surface area contributed by atoms with Crippen molar-refractivity contribution >= 4 is 16.7 Å². The number of hydrogen-bond donors (Lipinski definition) is 1. The third-order valence-electron chi connectivity index (χ3n) is 3.58. The highest BCUT2D eigenvalue weighted by molar-refractivity contribution is 5.92. The summed E-state index contributed by atoms with van der Waals surface area (Å²) < 4.78 is 18.7. The predicted molar refractivity (Wildman–Crippen MR) is 82.9 cm³/mol. The normalized spacial score (nSPS) is 10.6. The monoisotopic (exact) mass is 296 g/mol. The Labute approximate surface area is 126 Å². The summed E-state index contributed by atoms with van der Waals surface area (Å²) >= 11 is 0. The number of rotatable bonds is 3. The van der Waals surface area contributed by atoms with E-state index in [4.69, 9.17) is 9.84 Å². The molecule has 0 aliphatic rings. The zero-order valence-corrected chi connectivity index (χ0v) is 11.8. The minimum atomic E-state index is -1.27. The van der Waals surface area contributed by atoms with E-state index in [1.807, 2.05) is 36.4 Å². The highest BCUT2D eigenvalue weighted by Crippen LogP contribution is 2.28. The molecule has 0 aliphatic heterocycles. The lowest BCUT2D eigenvalue weighted by atomic mass is 9.99. The summed E-state index contributed by atoms with van der Waals surface area (Å²) in [6, 6.07) is 15.6. The fraction of sp³-hybridized carbons (Fsp3) is 0.0556. The zero-order chi connectivity index (χ0) is 15.7. The molecule has 3 rings (SSSR count). The van der Waals surface area contributed by atoms with Crippen LogP contribution in [0.15, 0.2) is 54.6 Å². The standard InChI is InChI=1S/C18H13FO3/c1-22-15-6-4-12-8-11(2-3-13(12)9-15)14-5-7-17(19)16(10-14)18(20)21/h2-10H,1H3,(H,20,21). The van der Waals surface area contributed by atoms with Crippen LogP contribution in [0.1, 0.15) is 10.4 Å². The van der Waals surface area contributed by atoms with E-state index in [9.17, 15) is 9.18 Å². The van der Waals surface area contributed by atoms with Gasteiger partial charge in [-0.05, 0) is 52.2 Å². The van der Waals surface area contributed by atoms with Crippen LogP contribution in [0.5, 0.6) is 5.75 Å². The van der Waals surface area contributed by atoms with Gasteiger partial charge in [0.25, 0.3) is 0 Å². The molecule has 0 aliphatic carbocycles. The number of carboxylic acid groups (broad SMARTS) is 1. The number of halogens is 1. The van der Waals surface area contributed by atoms with Crippen LogP contribution in [0.25, 0.3) is 21.9 Å². The summed E-state index contributed by atoms with van der Waals surface area (Å²) in [5.41, 5.74) is 1.17. The van der Waals surface area contributed by atoms with Crippen molar-refractivity contribution in [2.75, 3.05) is 7.11 Å². The third kappa shape index (κ3) is 2.51. The number of ether oxygens (including phenoxy) is 1. The molecule has 1 N–H and O–H groups in total. The second-order valence-corrected chi connectivity index (χ2v) is 4.93. The molecule has 22 heavy (non-hydrogen) atoms. The Morgan fingerprint density at radius 1 is 0.955 bits per heavy atom. The molecule has 0 aromatic heterocycles. The fourth-order valence-corrected chi connectivity index (χ4v) is 2.40. The minimum Gasteiger partial charge on any atom is -0.497 e. The van der Waals surface area contributed by atoms with Crippen LogP contribution in [0.4, 0.5) is 4.39 Å². The maximum atomic E-state index is 13.5. The number of aromatic carboxylic acids is 1. The van der Waals surface area contributed by atoms with Crippen LogP contribution in [0, 0.1) is 5.82 Å². The highest BCUT2D eigenvalue weighted by Gasteiger charge is 2.11. The van der Waals surface area contributed by atoms with E-state index in [0.717, 1.165) is 22.1 Å². The molecule has 0 saturated heterocycles. The molecule has 0 unspecified atom stereocenters. The van der Waals surface area contributed by atoms with Crippen molar-refractivity contribution in [3.63, 3.8) is 0 Å². The molecule has 0 fully saturated rings. The van der Waals surface area contributed by atoms with Gasteiger partial charge in [-0.1, -0.05) is 24.3 Å². The summed E-state index contributed by atoms with van der Waals surface area (Å²) in [6.07, 6.45) is 0. The Kier molecular flexibility index (Phi) is 3.51. The number of benzene rings is 3. The van der Waals surface area contributed by atoms with Gasteiger partial charge in [-0.25, -0.2) is 9.18 Å². The maximum absolute atomic E-state index is 13.5. The lowest BCUT2D eigenvalue weighted by Crippen LogP contribution is -2.00. The Balaban J connectivity index is 2.10. The van der Waals surface area contributed by atoms with Crippen molar-refractivity contribution in [2.45, 2.75) is 0 Å². The molecule has 3 nitrogen and oxygen atoms in total. The molecule has 110 valence electrons. The topological polar surface area (TPSA) is 46.5 Å². The van der Waals surface area contributed by atoms with Crippen molar-refractivity contribution < 1.29 is 19.0 Å². The number of hydrogen-bond acceptors (Lipinski definition) is 2. The van der Waals surface area contributed by atoms with Gasteiger partial charge in [-0.2, -0.15) is 0 Å². The Bertz CT molecular complexity index is 871. The van der Waals surface area contributed by atoms with Gasteiger partial charge in [0.2, 0.25) is 0 Å². The average Bonchev–Trinajstić information content (AvgIpc) is 2.54. The number of fused-ring (bicyclic) bond motifs is 1. The van der Waals surface area contributed by atoms with Crippen LogP contribution in [0.3, 0.4) is 0 Å². The quantitative estimate of drug-likeness (QED) is 0.781. The summed E-state index contributed by atoms with van der Waals surface area (Å²) in [6.45, 7) is 0. The van der Waals surface area contributed by atoms with Crippen LogP contribution < -0.4 is 4.74 Å². The molecular weight excluding hydrogens is 283 g/mol. The predicted octanol–water partition coefficient (Wildman–Crippen LogP) is 4.35. The van der Waals surface area contributed by atoms with Crippen molar-refractivity contribution in [1.82, 2.24) is 0 Å². The largest absolute Gasteiger partial charge is 0.497 e. The van der Waals surface area contributed by atoms with Gasteiger partial charge in [0.05, 0.1) is 12.7 Å². The number of methoxy groups -OCH3 is 1. The first-order valence-corrected chi connectivity index (χ1v) is 6.69. The molecule has 0 heterocycles. The average molecular weight is 296 g/mol. The first-order valence-electron chi connectivity index (χ1n) is 6.69. The molecule has 4 heteroatoms. The number of carbonyl (C=O) groups is 1. The Morgan fingerprint density at radius 2 is 1.59 bits per heavy atom. The molecule has 3 aromatic carbocycles. The lowest BCUT2D eigenvalue weighted by Gasteiger charge is -2.07. The van der Waals surface area contributed by atoms with Gasteiger partial charge in [0.15, 0.2) is 0 Å². The molecule has 0 bridgehead atoms. The Morgan fingerprint density at radius 3 is 2.32 bits per heavy atom. The van der Waals surface area contributed by atoms with Gasteiger partial charge in [-0.3, -0.25) is 0 Å². The smallest absolute Gasteiger partial charge is 0.338 e. The van der Waals surface area contributed by atoms with Crippen LogP contribution in [-0.4, -0.2) is 18.2 Å².